The highest BCUT2D eigenvalue weighted by atomic mass is 19.4. The summed E-state index contributed by atoms with van der Waals surface area (Å²) in [5.74, 6) is -76.7. The fraction of sp³-hybridized carbons (Fsp3) is 1.00. The first-order valence-corrected chi connectivity index (χ1v) is 11.4. The van der Waals surface area contributed by atoms with Crippen LogP contribution in [0.2, 0.25) is 0 Å². The van der Waals surface area contributed by atoms with Crippen LogP contribution in [0.1, 0.15) is 51.9 Å². The molecular formula is C20H21F21O. The minimum absolute atomic E-state index is 0.0629. The number of alkyl halides is 21. The van der Waals surface area contributed by atoms with Crippen LogP contribution < -0.4 is 0 Å². The molecule has 0 atom stereocenters. The molecule has 0 amide bonds. The van der Waals surface area contributed by atoms with Crippen LogP contribution in [0.15, 0.2) is 0 Å². The lowest BCUT2D eigenvalue weighted by Gasteiger charge is -2.44. The molecule has 0 aromatic heterocycles. The van der Waals surface area contributed by atoms with E-state index in [4.69, 9.17) is 0 Å². The number of halogens is 21. The fourth-order valence-electron chi connectivity index (χ4n) is 3.03. The maximum atomic E-state index is 13.8. The van der Waals surface area contributed by atoms with Gasteiger partial charge in [0.05, 0.1) is 6.61 Å². The van der Waals surface area contributed by atoms with Crippen molar-refractivity contribution in [2.24, 2.45) is 0 Å². The van der Waals surface area contributed by atoms with E-state index in [1.54, 1.807) is 0 Å². The highest BCUT2D eigenvalue weighted by molar-refractivity contribution is 5.17. The minimum atomic E-state index is -9.16. The van der Waals surface area contributed by atoms with E-state index in [0.29, 0.717) is 19.3 Å². The maximum Gasteiger partial charge on any atom is 0.460 e. The zero-order chi connectivity index (χ0) is 34.1. The summed E-state index contributed by atoms with van der Waals surface area (Å²) in [6, 6.07) is 0. The Hall–Kier alpha value is -1.51. The molecule has 0 aliphatic carbocycles. The Balaban J connectivity index is 6.21. The Labute approximate surface area is 222 Å². The molecule has 0 heterocycles. The van der Waals surface area contributed by atoms with Gasteiger partial charge in [0, 0.05) is 13.0 Å². The lowest BCUT2D eigenvalue weighted by Crippen LogP contribution is -2.76. The van der Waals surface area contributed by atoms with E-state index in [1.807, 2.05) is 6.92 Å². The molecule has 0 rings (SSSR count). The topological polar surface area (TPSA) is 9.23 Å². The molecule has 42 heavy (non-hydrogen) atoms. The standard InChI is InChI=1S/C20H21F21O/c1-2-3-4-5-6-7-9-42-10-8-11(21,22)12(23,24)13(25,26)14(27,28)15(29,30)16(31,32)17(33,34)18(35,36)19(37,38)20(39,40)41/h2-10H2,1H3. The fourth-order valence-corrected chi connectivity index (χ4v) is 3.03. The molecule has 0 saturated heterocycles. The van der Waals surface area contributed by atoms with Gasteiger partial charge in [0.2, 0.25) is 0 Å². The molecule has 0 saturated carbocycles. The smallest absolute Gasteiger partial charge is 0.381 e. The molecule has 0 aliphatic rings. The average Bonchev–Trinajstić information content (AvgIpc) is 2.81. The van der Waals surface area contributed by atoms with Gasteiger partial charge < -0.3 is 4.74 Å². The summed E-state index contributed by atoms with van der Waals surface area (Å²) in [4.78, 5) is 0. The number of hydrogen-bond acceptors (Lipinski definition) is 1. The summed E-state index contributed by atoms with van der Waals surface area (Å²) in [7, 11) is 0. The van der Waals surface area contributed by atoms with E-state index in [2.05, 4.69) is 4.74 Å². The zero-order valence-electron chi connectivity index (χ0n) is 20.7. The maximum absolute atomic E-state index is 13.8. The molecule has 0 bridgehead atoms. The first-order chi connectivity index (χ1) is 18.3. The highest BCUT2D eigenvalue weighted by Crippen LogP contribution is 2.66. The van der Waals surface area contributed by atoms with Crippen LogP contribution in [-0.2, 0) is 4.74 Å². The van der Waals surface area contributed by atoms with E-state index in [1.165, 1.54) is 0 Å². The molecule has 0 N–H and O–H groups in total. The molecule has 0 aromatic rings. The van der Waals surface area contributed by atoms with Gasteiger partial charge in [-0.2, -0.15) is 92.2 Å². The summed E-state index contributed by atoms with van der Waals surface area (Å²) >= 11 is 0. The molecule has 0 spiro atoms. The van der Waals surface area contributed by atoms with E-state index >= 15 is 0 Å². The molecule has 1 nitrogen and oxygen atoms in total. The van der Waals surface area contributed by atoms with E-state index < -0.39 is 79.1 Å². The minimum Gasteiger partial charge on any atom is -0.381 e. The van der Waals surface area contributed by atoms with Crippen LogP contribution in [0.25, 0.3) is 0 Å². The van der Waals surface area contributed by atoms with Crippen molar-refractivity contribution in [1.29, 1.82) is 0 Å². The van der Waals surface area contributed by atoms with Crippen molar-refractivity contribution in [2.75, 3.05) is 13.2 Å². The third-order valence-corrected chi connectivity index (χ3v) is 5.78. The van der Waals surface area contributed by atoms with Crippen molar-refractivity contribution in [2.45, 2.75) is 111 Å². The van der Waals surface area contributed by atoms with Gasteiger partial charge in [-0.15, -0.1) is 0 Å². The monoisotopic (exact) mass is 676 g/mol. The molecule has 0 aromatic carbocycles. The molecule has 0 fully saturated rings. The van der Waals surface area contributed by atoms with Gasteiger partial charge in [-0.25, -0.2) is 0 Å². The van der Waals surface area contributed by atoms with Gasteiger partial charge in [-0.05, 0) is 6.42 Å². The van der Waals surface area contributed by atoms with Crippen molar-refractivity contribution < 1.29 is 96.9 Å². The predicted molar refractivity (Wildman–Crippen MR) is 99.4 cm³/mol. The largest absolute Gasteiger partial charge is 0.460 e. The normalized spacial score (nSPS) is 15.9. The van der Waals surface area contributed by atoms with Crippen molar-refractivity contribution in [3.8, 4) is 0 Å². The summed E-state index contributed by atoms with van der Waals surface area (Å²) in [6.07, 6.45) is -7.39. The first-order valence-electron chi connectivity index (χ1n) is 11.4. The molecule has 0 unspecified atom stereocenters. The van der Waals surface area contributed by atoms with Crippen LogP contribution >= 0.6 is 0 Å². The molecule has 0 radical (unpaired) electrons. The molecule has 22 heteroatoms. The number of unbranched alkanes of at least 4 members (excludes halogenated alkanes) is 5. The second-order valence-corrected chi connectivity index (χ2v) is 8.93. The summed E-state index contributed by atoms with van der Waals surface area (Å²) in [5.41, 5.74) is 0. The van der Waals surface area contributed by atoms with Crippen LogP contribution in [0.3, 0.4) is 0 Å². The SMILES string of the molecule is CCCCCCCCOCCC(F)(F)C(F)(F)C(F)(F)C(F)(F)C(F)(F)C(F)(F)C(F)(F)C(F)(F)C(F)(F)C(F)(F)F. The first kappa shape index (κ1) is 40.5. The van der Waals surface area contributed by atoms with Crippen molar-refractivity contribution >= 4 is 0 Å². The van der Waals surface area contributed by atoms with Gasteiger partial charge in [-0.3, -0.25) is 0 Å². The van der Waals surface area contributed by atoms with Gasteiger partial charge in [0.15, 0.2) is 0 Å². The average molecular weight is 676 g/mol. The lowest BCUT2D eigenvalue weighted by molar-refractivity contribution is -0.474. The van der Waals surface area contributed by atoms with Crippen LogP contribution in [0.4, 0.5) is 92.2 Å². The molecular weight excluding hydrogens is 655 g/mol. The highest BCUT2D eigenvalue weighted by Gasteiger charge is 2.97. The third kappa shape index (κ3) is 6.46. The molecule has 0 aliphatic heterocycles. The summed E-state index contributed by atoms with van der Waals surface area (Å²) in [6.45, 7) is -0.363. The third-order valence-electron chi connectivity index (χ3n) is 5.78. The van der Waals surface area contributed by atoms with Gasteiger partial charge in [0.1, 0.15) is 0 Å². The quantitative estimate of drug-likeness (QED) is 0.104. The van der Waals surface area contributed by atoms with Crippen molar-refractivity contribution in [3.05, 3.63) is 0 Å². The lowest BCUT2D eigenvalue weighted by atomic mass is 9.86. The number of ether oxygens (including phenoxy) is 1. The van der Waals surface area contributed by atoms with Gasteiger partial charge in [0.25, 0.3) is 0 Å². The van der Waals surface area contributed by atoms with Crippen LogP contribution in [0, 0.1) is 0 Å². The van der Waals surface area contributed by atoms with Crippen molar-refractivity contribution in [1.82, 2.24) is 0 Å². The second-order valence-electron chi connectivity index (χ2n) is 8.93. The van der Waals surface area contributed by atoms with Crippen LogP contribution in [-0.4, -0.2) is 72.7 Å². The Morgan fingerprint density at radius 3 is 1.02 bits per heavy atom. The van der Waals surface area contributed by atoms with Crippen LogP contribution in [0.5, 0.6) is 0 Å². The Morgan fingerprint density at radius 1 is 0.357 bits per heavy atom. The van der Waals surface area contributed by atoms with E-state index in [0.717, 1.165) is 12.8 Å². The van der Waals surface area contributed by atoms with Crippen molar-refractivity contribution in [3.63, 3.8) is 0 Å². The van der Waals surface area contributed by atoms with E-state index in [9.17, 15) is 92.2 Å². The Morgan fingerprint density at radius 2 is 0.667 bits per heavy atom. The second kappa shape index (κ2) is 12.5. The number of rotatable bonds is 18. The van der Waals surface area contributed by atoms with E-state index in [-0.39, 0.29) is 6.42 Å². The Bertz CT molecular complexity index is 860. The molecule has 254 valence electrons. The summed E-state index contributed by atoms with van der Waals surface area (Å²) < 4.78 is 284. The predicted octanol–water partition coefficient (Wildman–Crippen LogP) is 10.0. The summed E-state index contributed by atoms with van der Waals surface area (Å²) in [5, 5.41) is 0. The Kier molecular flexibility index (Phi) is 12.0. The van der Waals surface area contributed by atoms with Gasteiger partial charge >= 0.3 is 59.5 Å². The number of hydrogen-bond donors (Lipinski definition) is 0. The zero-order valence-corrected chi connectivity index (χ0v) is 20.7. The van der Waals surface area contributed by atoms with Gasteiger partial charge in [-0.1, -0.05) is 39.0 Å².